The van der Waals surface area contributed by atoms with E-state index in [1.807, 2.05) is 60.7 Å². The number of fused-ring (bicyclic) bond motifs is 1. The molecule has 38 heavy (non-hydrogen) atoms. The molecule has 2 aliphatic heterocycles. The Morgan fingerprint density at radius 1 is 1.03 bits per heavy atom. The van der Waals surface area contributed by atoms with E-state index in [-0.39, 0.29) is 16.6 Å². The molecule has 3 aromatic carbocycles. The van der Waals surface area contributed by atoms with Crippen molar-refractivity contribution >= 4 is 87.9 Å². The average Bonchev–Trinajstić information content (AvgIpc) is 3.57. The Morgan fingerprint density at radius 2 is 1.84 bits per heavy atom. The van der Waals surface area contributed by atoms with Gasteiger partial charge in [0.05, 0.1) is 32.3 Å². The molecule has 1 spiro atoms. The first-order valence-corrected chi connectivity index (χ1v) is 15.5. The smallest absolute Gasteiger partial charge is 0.282 e. The highest BCUT2D eigenvalue weighted by atomic mass is 79.9. The third-order valence-electron chi connectivity index (χ3n) is 6.15. The molecule has 1 aromatic heterocycles. The molecular formula is C26H19BrN4O4S3. The Morgan fingerprint density at radius 3 is 2.63 bits per heavy atom. The first kappa shape index (κ1) is 25.3. The van der Waals surface area contributed by atoms with Crippen LogP contribution in [0.4, 0.5) is 10.8 Å². The van der Waals surface area contributed by atoms with Crippen molar-refractivity contribution in [3.05, 3.63) is 88.9 Å². The Balaban J connectivity index is 1.47. The number of rotatable bonds is 5. The number of allylic oxidation sites excluding steroid dienone is 1. The zero-order valence-corrected chi connectivity index (χ0v) is 23.6. The second-order valence-corrected chi connectivity index (χ2v) is 13.2. The van der Waals surface area contributed by atoms with E-state index in [1.54, 1.807) is 22.0 Å². The van der Waals surface area contributed by atoms with Crippen molar-refractivity contribution in [3.63, 3.8) is 0 Å². The first-order valence-electron chi connectivity index (χ1n) is 11.4. The topological polar surface area (TPSA) is 103 Å². The highest BCUT2D eigenvalue weighted by molar-refractivity contribution is 9.10. The SMILES string of the molecule is O=C1CSC2(CC(/C=C/c3cccc(Br)c3)=NN2c2cccc(S(=O)(=O)O)c2)N1c1nc2ccccc2s1. The van der Waals surface area contributed by atoms with Crippen LogP contribution in [0.25, 0.3) is 16.3 Å². The summed E-state index contributed by atoms with van der Waals surface area (Å²) in [6, 6.07) is 21.5. The van der Waals surface area contributed by atoms with E-state index in [0.29, 0.717) is 23.0 Å². The third-order valence-corrected chi connectivity index (χ3v) is 9.87. The van der Waals surface area contributed by atoms with Crippen molar-refractivity contribution in [2.45, 2.75) is 16.3 Å². The number of hydrazone groups is 1. The second-order valence-electron chi connectivity index (χ2n) is 8.67. The predicted molar refractivity (Wildman–Crippen MR) is 156 cm³/mol. The molecule has 3 heterocycles. The van der Waals surface area contributed by atoms with Crippen molar-refractivity contribution in [2.75, 3.05) is 15.7 Å². The molecule has 2 aliphatic rings. The minimum absolute atomic E-state index is 0.114. The zero-order valence-electron chi connectivity index (χ0n) is 19.6. The van der Waals surface area contributed by atoms with Crippen molar-refractivity contribution in [1.29, 1.82) is 0 Å². The molecule has 4 aromatic rings. The number of benzene rings is 3. The first-order chi connectivity index (χ1) is 18.2. The van der Waals surface area contributed by atoms with Crippen LogP contribution in [0.5, 0.6) is 0 Å². The summed E-state index contributed by atoms with van der Waals surface area (Å²) in [6.07, 6.45) is 4.22. The highest BCUT2D eigenvalue weighted by Gasteiger charge is 2.56. The third kappa shape index (κ3) is 4.56. The fourth-order valence-corrected chi connectivity index (χ4v) is 7.85. The van der Waals surface area contributed by atoms with Gasteiger partial charge in [0, 0.05) is 10.9 Å². The number of amides is 1. The maximum absolute atomic E-state index is 13.4. The molecule has 0 bridgehead atoms. The number of thiazole rings is 1. The van der Waals surface area contributed by atoms with Crippen LogP contribution in [0.3, 0.4) is 0 Å². The summed E-state index contributed by atoms with van der Waals surface area (Å²) < 4.78 is 35.4. The number of halogens is 1. The number of hydrogen-bond donors (Lipinski definition) is 1. The van der Waals surface area contributed by atoms with Gasteiger partial charge in [-0.05, 0) is 54.1 Å². The van der Waals surface area contributed by atoms with Crippen molar-refractivity contribution in [3.8, 4) is 0 Å². The van der Waals surface area contributed by atoms with Gasteiger partial charge in [-0.25, -0.2) is 9.99 Å². The van der Waals surface area contributed by atoms with E-state index in [4.69, 9.17) is 10.1 Å². The van der Waals surface area contributed by atoms with Gasteiger partial charge in [0.25, 0.3) is 10.1 Å². The summed E-state index contributed by atoms with van der Waals surface area (Å²) in [6.45, 7) is 0. The molecule has 1 fully saturated rings. The van der Waals surface area contributed by atoms with Gasteiger partial charge in [-0.1, -0.05) is 75.4 Å². The van der Waals surface area contributed by atoms with Gasteiger partial charge in [0.15, 0.2) is 10.1 Å². The summed E-state index contributed by atoms with van der Waals surface area (Å²) in [5.41, 5.74) is 2.90. The molecule has 0 saturated carbocycles. The van der Waals surface area contributed by atoms with Crippen molar-refractivity contribution in [2.24, 2.45) is 5.10 Å². The number of aromatic nitrogens is 1. The Labute approximate surface area is 235 Å². The lowest BCUT2D eigenvalue weighted by Gasteiger charge is -2.39. The molecular weight excluding hydrogens is 608 g/mol. The van der Waals surface area contributed by atoms with E-state index in [1.165, 1.54) is 35.2 Å². The van der Waals surface area contributed by atoms with E-state index >= 15 is 0 Å². The molecule has 6 rings (SSSR count). The second kappa shape index (κ2) is 9.62. The largest absolute Gasteiger partial charge is 0.294 e. The number of anilines is 2. The summed E-state index contributed by atoms with van der Waals surface area (Å²) in [4.78, 5) is 18.5. The lowest BCUT2D eigenvalue weighted by atomic mass is 10.1. The summed E-state index contributed by atoms with van der Waals surface area (Å²) in [7, 11) is -4.44. The molecule has 12 heteroatoms. The minimum Gasteiger partial charge on any atom is -0.282 e. The van der Waals surface area contributed by atoms with Gasteiger partial charge < -0.3 is 0 Å². The molecule has 1 saturated heterocycles. The fraction of sp³-hybridized carbons (Fsp3) is 0.115. The molecule has 1 N–H and O–H groups in total. The maximum atomic E-state index is 13.4. The van der Waals surface area contributed by atoms with Gasteiger partial charge in [-0.2, -0.15) is 13.5 Å². The Hall–Kier alpha value is -3.03. The van der Waals surface area contributed by atoms with E-state index in [9.17, 15) is 17.8 Å². The van der Waals surface area contributed by atoms with Crippen LogP contribution in [-0.4, -0.2) is 40.3 Å². The number of carbonyl (C=O) groups excluding carboxylic acids is 1. The number of thioether (sulfide) groups is 1. The van der Waals surface area contributed by atoms with Crippen LogP contribution in [0.15, 0.2) is 93.3 Å². The van der Waals surface area contributed by atoms with Crippen LogP contribution >= 0.6 is 39.0 Å². The van der Waals surface area contributed by atoms with Crippen molar-refractivity contribution < 1.29 is 17.8 Å². The molecule has 1 amide bonds. The maximum Gasteiger partial charge on any atom is 0.294 e. The Bertz CT molecular complexity index is 1720. The monoisotopic (exact) mass is 626 g/mol. The van der Waals surface area contributed by atoms with Gasteiger partial charge >= 0.3 is 0 Å². The molecule has 1 atom stereocenters. The molecule has 8 nitrogen and oxygen atoms in total. The lowest BCUT2D eigenvalue weighted by molar-refractivity contribution is -0.116. The predicted octanol–water partition coefficient (Wildman–Crippen LogP) is 6.02. The summed E-state index contributed by atoms with van der Waals surface area (Å²) in [5, 5.41) is 7.07. The fourth-order valence-electron chi connectivity index (χ4n) is 4.48. The van der Waals surface area contributed by atoms with Gasteiger partial charge in [-0.15, -0.1) is 0 Å². The molecule has 0 radical (unpaired) electrons. The normalized spacial score (nSPS) is 19.8. The summed E-state index contributed by atoms with van der Waals surface area (Å²) in [5.74, 6) is 0.0974. The number of nitrogens with zero attached hydrogens (tertiary/aromatic N) is 4. The lowest BCUT2D eigenvalue weighted by Crippen LogP contribution is -2.53. The standard InChI is InChI=1S/C26H19BrN4O4S3/c27-18-6-3-5-17(13-18)11-12-19-15-26(31(29-19)20-7-4-8-21(14-20)38(33,34)35)30(24(32)16-36-26)25-28-22-9-1-2-10-23(22)37-25/h1-14H,15-16H2,(H,33,34,35)/b12-11+. The van der Waals surface area contributed by atoms with E-state index in [0.717, 1.165) is 20.3 Å². The van der Waals surface area contributed by atoms with Crippen LogP contribution in [0, 0.1) is 0 Å². The van der Waals surface area contributed by atoms with Gasteiger partial charge in [-0.3, -0.25) is 14.2 Å². The van der Waals surface area contributed by atoms with Crippen molar-refractivity contribution in [1.82, 2.24) is 4.98 Å². The minimum atomic E-state index is -4.44. The Kier molecular flexibility index (Phi) is 6.39. The van der Waals surface area contributed by atoms with Crippen LogP contribution in [0.2, 0.25) is 0 Å². The van der Waals surface area contributed by atoms with E-state index < -0.39 is 15.1 Å². The van der Waals surface area contributed by atoms with Gasteiger partial charge in [0.2, 0.25) is 5.91 Å². The van der Waals surface area contributed by atoms with E-state index in [2.05, 4.69) is 15.9 Å². The van der Waals surface area contributed by atoms with Gasteiger partial charge in [0.1, 0.15) is 0 Å². The molecule has 1 unspecified atom stereocenters. The number of carbonyl (C=O) groups is 1. The molecule has 192 valence electrons. The number of para-hydroxylation sites is 1. The summed E-state index contributed by atoms with van der Waals surface area (Å²) >= 11 is 6.33. The average molecular weight is 628 g/mol. The van der Waals surface area contributed by atoms with Crippen LogP contribution in [-0.2, 0) is 14.9 Å². The number of hydrogen-bond acceptors (Lipinski definition) is 8. The van der Waals surface area contributed by atoms with Crippen LogP contribution < -0.4 is 9.91 Å². The quantitative estimate of drug-likeness (QED) is 0.270. The van der Waals surface area contributed by atoms with Crippen LogP contribution in [0.1, 0.15) is 12.0 Å². The zero-order chi connectivity index (χ0) is 26.5. The highest BCUT2D eigenvalue weighted by Crippen LogP contribution is 2.51. The molecule has 0 aliphatic carbocycles.